The van der Waals surface area contributed by atoms with E-state index < -0.39 is 32.5 Å². The molecular weight excluding hydrogens is 460 g/mol. The Morgan fingerprint density at radius 3 is 2.62 bits per heavy atom. The van der Waals surface area contributed by atoms with Crippen molar-refractivity contribution in [1.82, 2.24) is 9.29 Å². The summed E-state index contributed by atoms with van der Waals surface area (Å²) in [5.74, 6) is -1.90. The first-order chi connectivity index (χ1) is 15.2. The van der Waals surface area contributed by atoms with Gasteiger partial charge < -0.3 is 10.1 Å². The molecule has 2 aromatic carbocycles. The molecule has 1 amide bonds. The number of rotatable bonds is 5. The standard InChI is InChI=1S/C21H21F2N3O4S2/c1-12-3-6-16(30-2)18-19(12)31-21(24-18)25-20(27)13-7-9-26(10-8-13)32(28,29)17-11-14(22)4-5-15(17)23/h3-6,11,13H,7-10H2,1-2H3,(H,24,25,27). The predicted molar refractivity (Wildman–Crippen MR) is 117 cm³/mol. The highest BCUT2D eigenvalue weighted by atomic mass is 32.2. The van der Waals surface area contributed by atoms with E-state index in [-0.39, 0.29) is 31.8 Å². The highest BCUT2D eigenvalue weighted by Crippen LogP contribution is 2.35. The number of anilines is 1. The number of carbonyl (C=O) groups is 1. The number of ether oxygens (including phenoxy) is 1. The molecule has 1 saturated heterocycles. The van der Waals surface area contributed by atoms with Crippen molar-refractivity contribution in [2.24, 2.45) is 5.92 Å². The SMILES string of the molecule is COc1ccc(C)c2sc(NC(=O)C3CCN(S(=O)(=O)c4cc(F)ccc4F)CC3)nc12. The highest BCUT2D eigenvalue weighted by molar-refractivity contribution is 7.89. The lowest BCUT2D eigenvalue weighted by Gasteiger charge is -2.30. The number of benzene rings is 2. The Bertz CT molecular complexity index is 1290. The van der Waals surface area contributed by atoms with Gasteiger partial charge in [-0.2, -0.15) is 4.31 Å². The fourth-order valence-corrected chi connectivity index (χ4v) is 6.21. The summed E-state index contributed by atoms with van der Waals surface area (Å²) in [6, 6.07) is 6.07. The van der Waals surface area contributed by atoms with Gasteiger partial charge in [0.2, 0.25) is 15.9 Å². The number of hydrogen-bond donors (Lipinski definition) is 1. The molecule has 4 rings (SSSR count). The average molecular weight is 482 g/mol. The quantitative estimate of drug-likeness (QED) is 0.597. The molecule has 0 aliphatic carbocycles. The zero-order chi connectivity index (χ0) is 23.0. The fraction of sp³-hybridized carbons (Fsp3) is 0.333. The summed E-state index contributed by atoms with van der Waals surface area (Å²) in [6.07, 6.45) is 0.518. The maximum atomic E-state index is 14.0. The maximum Gasteiger partial charge on any atom is 0.246 e. The second kappa shape index (κ2) is 8.72. The molecule has 1 aliphatic rings. The van der Waals surface area contributed by atoms with E-state index in [4.69, 9.17) is 4.74 Å². The summed E-state index contributed by atoms with van der Waals surface area (Å²) in [4.78, 5) is 16.5. The third-order valence-corrected chi connectivity index (χ3v) is 8.51. The second-order valence-electron chi connectivity index (χ2n) is 7.52. The van der Waals surface area contributed by atoms with E-state index in [1.165, 1.54) is 11.3 Å². The van der Waals surface area contributed by atoms with Gasteiger partial charge in [0.25, 0.3) is 0 Å². The second-order valence-corrected chi connectivity index (χ2v) is 10.4. The lowest BCUT2D eigenvalue weighted by Crippen LogP contribution is -2.41. The molecule has 32 heavy (non-hydrogen) atoms. The number of thiazole rings is 1. The number of hydrogen-bond acceptors (Lipinski definition) is 6. The van der Waals surface area contributed by atoms with Crippen molar-refractivity contribution in [3.05, 3.63) is 47.5 Å². The zero-order valence-electron chi connectivity index (χ0n) is 17.4. The number of nitrogens with zero attached hydrogens (tertiary/aromatic N) is 2. The summed E-state index contributed by atoms with van der Waals surface area (Å²) in [7, 11) is -2.64. The van der Waals surface area contributed by atoms with E-state index in [0.717, 1.165) is 26.7 Å². The number of piperidine rings is 1. The van der Waals surface area contributed by atoms with Gasteiger partial charge in [-0.15, -0.1) is 0 Å². The smallest absolute Gasteiger partial charge is 0.246 e. The Kier molecular flexibility index (Phi) is 6.15. The number of halogens is 2. The van der Waals surface area contributed by atoms with Gasteiger partial charge in [-0.25, -0.2) is 22.2 Å². The van der Waals surface area contributed by atoms with Crippen LogP contribution in [0.25, 0.3) is 10.2 Å². The molecule has 0 bridgehead atoms. The van der Waals surface area contributed by atoms with Crippen molar-refractivity contribution in [3.63, 3.8) is 0 Å². The lowest BCUT2D eigenvalue weighted by molar-refractivity contribution is -0.120. The molecule has 1 aliphatic heterocycles. The molecule has 0 spiro atoms. The first kappa shape index (κ1) is 22.6. The van der Waals surface area contributed by atoms with Crippen molar-refractivity contribution >= 4 is 42.6 Å². The number of methoxy groups -OCH3 is 1. The third-order valence-electron chi connectivity index (χ3n) is 5.49. The van der Waals surface area contributed by atoms with Crippen LogP contribution in [0.4, 0.5) is 13.9 Å². The number of nitrogens with one attached hydrogen (secondary N) is 1. The predicted octanol–water partition coefficient (Wildman–Crippen LogP) is 3.93. The normalized spacial score (nSPS) is 15.8. The summed E-state index contributed by atoms with van der Waals surface area (Å²) >= 11 is 1.34. The molecule has 7 nitrogen and oxygen atoms in total. The molecule has 1 fully saturated rings. The molecular formula is C21H21F2N3O4S2. The van der Waals surface area contributed by atoms with Crippen LogP contribution < -0.4 is 10.1 Å². The van der Waals surface area contributed by atoms with Gasteiger partial charge >= 0.3 is 0 Å². The summed E-state index contributed by atoms with van der Waals surface area (Å²) in [5, 5.41) is 3.26. The molecule has 11 heteroatoms. The number of aryl methyl sites for hydroxylation is 1. The molecule has 0 atom stereocenters. The van der Waals surface area contributed by atoms with Crippen LogP contribution in [0.15, 0.2) is 35.2 Å². The van der Waals surface area contributed by atoms with Crippen LogP contribution in [0.1, 0.15) is 18.4 Å². The van der Waals surface area contributed by atoms with Gasteiger partial charge in [-0.3, -0.25) is 4.79 Å². The zero-order valence-corrected chi connectivity index (χ0v) is 19.0. The number of carbonyl (C=O) groups excluding carboxylic acids is 1. The van der Waals surface area contributed by atoms with Crippen molar-refractivity contribution < 1.29 is 26.7 Å². The fourth-order valence-electron chi connectivity index (χ4n) is 3.71. The van der Waals surface area contributed by atoms with E-state index in [2.05, 4.69) is 10.3 Å². The lowest BCUT2D eigenvalue weighted by atomic mass is 9.97. The monoisotopic (exact) mass is 481 g/mol. The third kappa shape index (κ3) is 4.19. The van der Waals surface area contributed by atoms with Gasteiger partial charge in [-0.05, 0) is 49.6 Å². The van der Waals surface area contributed by atoms with Crippen LogP contribution in [0, 0.1) is 24.5 Å². The molecule has 3 aromatic rings. The number of amides is 1. The van der Waals surface area contributed by atoms with Gasteiger partial charge in [0.1, 0.15) is 27.8 Å². The van der Waals surface area contributed by atoms with Crippen molar-refractivity contribution in [1.29, 1.82) is 0 Å². The first-order valence-corrected chi connectivity index (χ1v) is 12.2. The minimum atomic E-state index is -4.19. The maximum absolute atomic E-state index is 14.0. The van der Waals surface area contributed by atoms with E-state index in [0.29, 0.717) is 22.5 Å². The van der Waals surface area contributed by atoms with Crippen LogP contribution in [-0.4, -0.2) is 43.8 Å². The Labute approximate surface area is 188 Å². The molecule has 2 heterocycles. The van der Waals surface area contributed by atoms with Crippen LogP contribution in [-0.2, 0) is 14.8 Å². The summed E-state index contributed by atoms with van der Waals surface area (Å²) in [5.41, 5.74) is 1.69. The number of sulfonamides is 1. The van der Waals surface area contributed by atoms with E-state index in [9.17, 15) is 22.0 Å². The van der Waals surface area contributed by atoms with Crippen molar-refractivity contribution in [2.75, 3.05) is 25.5 Å². The van der Waals surface area contributed by atoms with Gasteiger partial charge in [-0.1, -0.05) is 17.4 Å². The van der Waals surface area contributed by atoms with Gasteiger partial charge in [0.05, 0.1) is 11.8 Å². The first-order valence-electron chi connectivity index (χ1n) is 9.91. The van der Waals surface area contributed by atoms with Crippen molar-refractivity contribution in [3.8, 4) is 5.75 Å². The van der Waals surface area contributed by atoms with Crippen LogP contribution in [0.2, 0.25) is 0 Å². The number of fused-ring (bicyclic) bond motifs is 1. The van der Waals surface area contributed by atoms with Gasteiger partial charge in [0, 0.05) is 19.0 Å². The van der Waals surface area contributed by atoms with Gasteiger partial charge in [0.15, 0.2) is 5.13 Å². The van der Waals surface area contributed by atoms with E-state index >= 15 is 0 Å². The molecule has 0 radical (unpaired) electrons. The average Bonchev–Trinajstić information content (AvgIpc) is 3.20. The van der Waals surface area contributed by atoms with Crippen LogP contribution >= 0.6 is 11.3 Å². The molecule has 0 unspecified atom stereocenters. The highest BCUT2D eigenvalue weighted by Gasteiger charge is 2.34. The molecule has 170 valence electrons. The minimum absolute atomic E-state index is 0.0309. The summed E-state index contributed by atoms with van der Waals surface area (Å²) in [6.45, 7) is 2.01. The Hall–Kier alpha value is -2.63. The topological polar surface area (TPSA) is 88.6 Å². The van der Waals surface area contributed by atoms with Crippen molar-refractivity contribution in [2.45, 2.75) is 24.7 Å². The Morgan fingerprint density at radius 2 is 1.94 bits per heavy atom. The van der Waals surface area contributed by atoms with Crippen LogP contribution in [0.3, 0.4) is 0 Å². The Balaban J connectivity index is 1.44. The minimum Gasteiger partial charge on any atom is -0.494 e. The van der Waals surface area contributed by atoms with E-state index in [1.54, 1.807) is 7.11 Å². The summed E-state index contributed by atoms with van der Waals surface area (Å²) < 4.78 is 60.2. The molecule has 1 N–H and O–H groups in total. The largest absolute Gasteiger partial charge is 0.494 e. The Morgan fingerprint density at radius 1 is 1.22 bits per heavy atom. The van der Waals surface area contributed by atoms with Crippen LogP contribution in [0.5, 0.6) is 5.75 Å². The molecule has 0 saturated carbocycles. The van der Waals surface area contributed by atoms with E-state index in [1.807, 2.05) is 19.1 Å². The number of aromatic nitrogens is 1. The molecule has 1 aromatic heterocycles.